The predicted molar refractivity (Wildman–Crippen MR) is 53.1 cm³/mol. The molecule has 3 nitrogen and oxygen atoms in total. The lowest BCUT2D eigenvalue weighted by molar-refractivity contribution is -0.391. The summed E-state index contributed by atoms with van der Waals surface area (Å²) in [5.41, 5.74) is 0. The van der Waals surface area contributed by atoms with Crippen molar-refractivity contribution in [3.8, 4) is 0 Å². The molecule has 0 aromatic heterocycles. The van der Waals surface area contributed by atoms with E-state index in [-0.39, 0.29) is 0 Å². The van der Waals surface area contributed by atoms with Crippen LogP contribution in [0.25, 0.3) is 0 Å². The molecule has 0 unspecified atom stereocenters. The Balaban J connectivity index is 6.12. The van der Waals surface area contributed by atoms with Crippen LogP contribution in [0.3, 0.4) is 0 Å². The maximum absolute atomic E-state index is 13.1. The van der Waals surface area contributed by atoms with Gasteiger partial charge in [-0.15, -0.1) is 0 Å². The zero-order chi connectivity index (χ0) is 20.9. The van der Waals surface area contributed by atoms with Crippen LogP contribution in [-0.2, 0) is 10.0 Å². The zero-order valence-corrected chi connectivity index (χ0v) is 11.9. The summed E-state index contributed by atoms with van der Waals surface area (Å²) >= 11 is 0. The highest BCUT2D eigenvalue weighted by molar-refractivity contribution is 7.90. The van der Waals surface area contributed by atoms with E-state index >= 15 is 0 Å². The second-order valence-corrected chi connectivity index (χ2v) is 6.21. The van der Waals surface area contributed by atoms with Crippen molar-refractivity contribution in [2.24, 2.45) is 5.14 Å². The first kappa shape index (κ1) is 24.0. The van der Waals surface area contributed by atoms with Gasteiger partial charge in [0.2, 0.25) is 0 Å². The Bertz CT molecular complexity index is 594. The summed E-state index contributed by atoms with van der Waals surface area (Å²) < 4.78 is 185. The fourth-order valence-corrected chi connectivity index (χ4v) is 1.73. The van der Waals surface area contributed by atoms with Gasteiger partial charge in [0, 0.05) is 12.8 Å². The molecule has 0 aliphatic rings. The van der Waals surface area contributed by atoms with Crippen molar-refractivity contribution in [3.05, 3.63) is 0 Å². The molecule has 0 aliphatic carbocycles. The van der Waals surface area contributed by atoms with Crippen LogP contribution in [-0.4, -0.2) is 43.5 Å². The third kappa shape index (κ3) is 3.90. The number of halogens is 13. The normalized spacial score (nSPS) is 16.2. The largest absolute Gasteiger partial charge is 0.426 e. The van der Waals surface area contributed by atoms with E-state index in [2.05, 4.69) is 5.14 Å². The van der Waals surface area contributed by atoms with Crippen LogP contribution in [0.15, 0.2) is 0 Å². The summed E-state index contributed by atoms with van der Waals surface area (Å²) in [4.78, 5) is 0. The minimum atomic E-state index is -7.80. The van der Waals surface area contributed by atoms with Crippen molar-refractivity contribution in [1.29, 1.82) is 0 Å². The van der Waals surface area contributed by atoms with Gasteiger partial charge in [-0.05, 0) is 0 Å². The van der Waals surface area contributed by atoms with E-state index in [1.165, 1.54) is 0 Å². The molecule has 152 valence electrons. The van der Waals surface area contributed by atoms with Gasteiger partial charge in [-0.2, -0.15) is 57.1 Å². The molecule has 25 heavy (non-hydrogen) atoms. The van der Waals surface area contributed by atoms with Gasteiger partial charge in [0.25, 0.3) is 10.0 Å². The SMILES string of the molecule is NS(=O)(=O)C(F)(F)C(F)(F)C(F)(F)C(F)(F)C(F)(F)CCC(F)(F)F. The number of hydrogen-bond donors (Lipinski definition) is 1. The third-order valence-electron chi connectivity index (χ3n) is 2.69. The van der Waals surface area contributed by atoms with Crippen molar-refractivity contribution >= 4 is 10.0 Å². The molecule has 0 aliphatic heterocycles. The molecule has 0 aromatic rings. The molecule has 0 aromatic carbocycles. The molecule has 0 atom stereocenters. The molecule has 0 spiro atoms. The fourth-order valence-electron chi connectivity index (χ4n) is 1.24. The molecule has 17 heteroatoms. The van der Waals surface area contributed by atoms with Gasteiger partial charge >= 0.3 is 35.1 Å². The topological polar surface area (TPSA) is 60.2 Å². The van der Waals surface area contributed by atoms with Gasteiger partial charge in [-0.1, -0.05) is 0 Å². The molecule has 0 saturated heterocycles. The Hall–Kier alpha value is -1.00. The highest BCUT2D eigenvalue weighted by Crippen LogP contribution is 2.58. The van der Waals surface area contributed by atoms with Gasteiger partial charge in [0.15, 0.2) is 0 Å². The lowest BCUT2D eigenvalue weighted by Gasteiger charge is -2.38. The van der Waals surface area contributed by atoms with Crippen LogP contribution in [0.5, 0.6) is 0 Å². The summed E-state index contributed by atoms with van der Waals surface area (Å²) in [5, 5.41) is -3.65. The lowest BCUT2D eigenvalue weighted by atomic mass is 9.95. The number of primary sulfonamides is 1. The van der Waals surface area contributed by atoms with Crippen LogP contribution < -0.4 is 5.14 Å². The summed E-state index contributed by atoms with van der Waals surface area (Å²) in [6.45, 7) is 0. The van der Waals surface area contributed by atoms with Crippen molar-refractivity contribution < 1.29 is 65.5 Å². The Morgan fingerprint density at radius 2 is 0.960 bits per heavy atom. The first-order valence-electron chi connectivity index (χ1n) is 5.44. The molecular formula is C8H6F13NO2S. The summed E-state index contributed by atoms with van der Waals surface area (Å²) in [6, 6.07) is 0. The molecule has 0 rings (SSSR count). The monoisotopic (exact) mass is 427 g/mol. The summed E-state index contributed by atoms with van der Waals surface area (Å²) in [7, 11) is -7.01. The van der Waals surface area contributed by atoms with E-state index in [4.69, 9.17) is 0 Å². The van der Waals surface area contributed by atoms with Crippen molar-refractivity contribution in [2.45, 2.75) is 48.0 Å². The van der Waals surface area contributed by atoms with Crippen LogP contribution >= 0.6 is 0 Å². The van der Waals surface area contributed by atoms with Crippen LogP contribution in [0.2, 0.25) is 0 Å². The molecule has 0 fully saturated rings. The van der Waals surface area contributed by atoms with E-state index in [1.807, 2.05) is 0 Å². The van der Waals surface area contributed by atoms with Gasteiger partial charge < -0.3 is 0 Å². The van der Waals surface area contributed by atoms with Gasteiger partial charge in [0.05, 0.1) is 0 Å². The van der Waals surface area contributed by atoms with E-state index in [0.29, 0.717) is 0 Å². The Morgan fingerprint density at radius 3 is 1.24 bits per heavy atom. The van der Waals surface area contributed by atoms with E-state index in [9.17, 15) is 65.5 Å². The second kappa shape index (κ2) is 6.02. The molecule has 0 radical (unpaired) electrons. The number of hydrogen-bond acceptors (Lipinski definition) is 2. The second-order valence-electron chi connectivity index (χ2n) is 4.60. The Morgan fingerprint density at radius 1 is 0.600 bits per heavy atom. The first-order valence-corrected chi connectivity index (χ1v) is 6.98. The van der Waals surface area contributed by atoms with E-state index in [0.717, 1.165) is 0 Å². The maximum atomic E-state index is 13.1. The fraction of sp³-hybridized carbons (Fsp3) is 1.00. The molecule has 0 saturated carbocycles. The number of rotatable bonds is 7. The van der Waals surface area contributed by atoms with E-state index in [1.54, 1.807) is 0 Å². The minimum Gasteiger partial charge on any atom is -0.223 e. The number of sulfonamides is 1. The number of alkyl halides is 13. The van der Waals surface area contributed by atoms with Crippen molar-refractivity contribution in [3.63, 3.8) is 0 Å². The highest BCUT2D eigenvalue weighted by atomic mass is 32.2. The molecule has 0 amide bonds. The molecule has 0 bridgehead atoms. The smallest absolute Gasteiger partial charge is 0.223 e. The average Bonchev–Trinajstić information content (AvgIpc) is 2.33. The zero-order valence-electron chi connectivity index (χ0n) is 11.1. The molecule has 2 N–H and O–H groups in total. The first-order chi connectivity index (χ1) is 10.5. The standard InChI is InChI=1S/C8H6F13NO2S/c9-3(10,1-2-4(11,12)13)5(14,15)6(16,17)7(18,19)8(20,21)25(22,23)24/h1-2H2,(H2,22,23,24). The average molecular weight is 427 g/mol. The third-order valence-corrected chi connectivity index (χ3v) is 3.66. The lowest BCUT2D eigenvalue weighted by Crippen LogP contribution is -2.69. The quantitative estimate of drug-likeness (QED) is 0.630. The Kier molecular flexibility index (Phi) is 5.78. The van der Waals surface area contributed by atoms with Gasteiger partial charge in [-0.3, -0.25) is 0 Å². The van der Waals surface area contributed by atoms with Crippen LogP contribution in [0, 0.1) is 0 Å². The maximum Gasteiger partial charge on any atom is 0.426 e. The minimum absolute atomic E-state index is 2.86. The summed E-state index contributed by atoms with van der Waals surface area (Å²) in [5.74, 6) is -29.6. The summed E-state index contributed by atoms with van der Waals surface area (Å²) in [6.07, 6.45) is -11.6. The molecule has 0 heterocycles. The Labute approximate surface area is 130 Å². The molecular weight excluding hydrogens is 421 g/mol. The van der Waals surface area contributed by atoms with Crippen LogP contribution in [0.4, 0.5) is 57.1 Å². The van der Waals surface area contributed by atoms with Gasteiger partial charge in [0.1, 0.15) is 0 Å². The van der Waals surface area contributed by atoms with Gasteiger partial charge in [-0.25, -0.2) is 13.6 Å². The number of nitrogens with two attached hydrogens (primary N) is 1. The van der Waals surface area contributed by atoms with Crippen molar-refractivity contribution in [2.75, 3.05) is 0 Å². The predicted octanol–water partition coefficient (Wildman–Crippen LogP) is 3.75. The highest BCUT2D eigenvalue weighted by Gasteiger charge is 2.88. The van der Waals surface area contributed by atoms with E-state index < -0.39 is 58.0 Å². The van der Waals surface area contributed by atoms with Crippen LogP contribution in [0.1, 0.15) is 12.8 Å². The van der Waals surface area contributed by atoms with Crippen molar-refractivity contribution in [1.82, 2.24) is 0 Å².